The van der Waals surface area contributed by atoms with Gasteiger partial charge in [-0.15, -0.1) is 0 Å². The van der Waals surface area contributed by atoms with Gasteiger partial charge in [-0.2, -0.15) is 0 Å². The van der Waals surface area contributed by atoms with E-state index in [0.29, 0.717) is 11.3 Å². The molecule has 4 nitrogen and oxygen atoms in total. The molecule has 2 amide bonds. The Morgan fingerprint density at radius 2 is 1.63 bits per heavy atom. The van der Waals surface area contributed by atoms with E-state index in [4.69, 9.17) is 0 Å². The Labute approximate surface area is 112 Å². The van der Waals surface area contributed by atoms with Gasteiger partial charge in [0.15, 0.2) is 0 Å². The van der Waals surface area contributed by atoms with E-state index in [9.17, 15) is 14.7 Å². The van der Waals surface area contributed by atoms with Crippen molar-refractivity contribution in [1.29, 1.82) is 0 Å². The minimum absolute atomic E-state index is 0.0874. The van der Waals surface area contributed by atoms with Crippen molar-refractivity contribution in [1.82, 2.24) is 0 Å². The van der Waals surface area contributed by atoms with Crippen LogP contribution in [-0.2, 0) is 16.2 Å². The van der Waals surface area contributed by atoms with Gasteiger partial charge in [-0.25, -0.2) is 4.90 Å². The second kappa shape index (κ2) is 4.78. The lowest BCUT2D eigenvalue weighted by molar-refractivity contribution is -0.122. The number of nitrogens with zero attached hydrogens (tertiary/aromatic N) is 1. The van der Waals surface area contributed by atoms with Gasteiger partial charge in [-0.3, -0.25) is 9.59 Å². The first-order valence-electron chi connectivity index (χ1n) is 6.80. The Balaban J connectivity index is 2.00. The number of carbonyl (C=O) groups is 2. The van der Waals surface area contributed by atoms with Crippen molar-refractivity contribution in [3.8, 4) is 0 Å². The lowest BCUT2D eigenvalue weighted by atomic mass is 9.81. The van der Waals surface area contributed by atoms with Crippen molar-refractivity contribution in [2.24, 2.45) is 11.8 Å². The number of fused-ring (bicyclic) bond motifs is 1. The van der Waals surface area contributed by atoms with Crippen LogP contribution in [-0.4, -0.2) is 16.9 Å². The van der Waals surface area contributed by atoms with Gasteiger partial charge in [-0.1, -0.05) is 31.0 Å². The summed E-state index contributed by atoms with van der Waals surface area (Å²) in [5.41, 5.74) is 1.18. The van der Waals surface area contributed by atoms with Gasteiger partial charge in [0.1, 0.15) is 0 Å². The minimum Gasteiger partial charge on any atom is -0.392 e. The molecule has 2 atom stereocenters. The predicted molar refractivity (Wildman–Crippen MR) is 70.3 cm³/mol. The molecule has 0 spiro atoms. The van der Waals surface area contributed by atoms with Crippen molar-refractivity contribution >= 4 is 17.5 Å². The number of carbonyl (C=O) groups excluding carboxylic acids is 2. The van der Waals surface area contributed by atoms with Crippen LogP contribution in [0, 0.1) is 11.8 Å². The molecule has 2 aliphatic rings. The fourth-order valence-electron chi connectivity index (χ4n) is 3.26. The molecule has 1 heterocycles. The van der Waals surface area contributed by atoms with Crippen molar-refractivity contribution < 1.29 is 14.7 Å². The van der Waals surface area contributed by atoms with Gasteiger partial charge < -0.3 is 5.11 Å². The molecule has 1 aliphatic heterocycles. The molecule has 19 heavy (non-hydrogen) atoms. The van der Waals surface area contributed by atoms with Crippen molar-refractivity contribution in [2.75, 3.05) is 4.90 Å². The minimum atomic E-state index is -0.164. The zero-order valence-corrected chi connectivity index (χ0v) is 10.7. The number of para-hydroxylation sites is 1. The summed E-state index contributed by atoms with van der Waals surface area (Å²) < 4.78 is 0. The summed E-state index contributed by atoms with van der Waals surface area (Å²) in [6.07, 6.45) is 3.67. The quantitative estimate of drug-likeness (QED) is 0.825. The Kier molecular flexibility index (Phi) is 3.11. The van der Waals surface area contributed by atoms with E-state index >= 15 is 0 Å². The number of rotatable bonds is 2. The fraction of sp³-hybridized carbons (Fsp3) is 0.467. The molecule has 3 rings (SSSR count). The molecule has 1 N–H and O–H groups in total. The highest BCUT2D eigenvalue weighted by Gasteiger charge is 2.49. The third kappa shape index (κ3) is 1.87. The van der Waals surface area contributed by atoms with Crippen LogP contribution in [0.4, 0.5) is 5.69 Å². The van der Waals surface area contributed by atoms with E-state index in [2.05, 4.69) is 0 Å². The normalized spacial score (nSPS) is 26.7. The second-order valence-electron chi connectivity index (χ2n) is 5.30. The molecule has 0 bridgehead atoms. The van der Waals surface area contributed by atoms with Crippen LogP contribution in [0.2, 0.25) is 0 Å². The van der Waals surface area contributed by atoms with Crippen LogP contribution in [0.5, 0.6) is 0 Å². The third-order valence-electron chi connectivity index (χ3n) is 4.24. The zero-order valence-electron chi connectivity index (χ0n) is 10.7. The lowest BCUT2D eigenvalue weighted by Gasteiger charge is -2.19. The highest BCUT2D eigenvalue weighted by molar-refractivity contribution is 6.22. The molecule has 100 valence electrons. The molecule has 1 saturated heterocycles. The van der Waals surface area contributed by atoms with E-state index in [1.807, 2.05) is 0 Å². The standard InChI is InChI=1S/C15H17NO3/c17-9-10-5-1-4-8-13(10)16-14(18)11-6-2-3-7-12(11)15(16)19/h1,4-5,8,11-12,17H,2-3,6-7,9H2. The topological polar surface area (TPSA) is 57.6 Å². The first-order chi connectivity index (χ1) is 9.24. The molecule has 4 heteroatoms. The van der Waals surface area contributed by atoms with E-state index in [0.717, 1.165) is 25.7 Å². The number of anilines is 1. The second-order valence-corrected chi connectivity index (χ2v) is 5.30. The summed E-state index contributed by atoms with van der Waals surface area (Å²) in [5.74, 6) is -0.466. The maximum Gasteiger partial charge on any atom is 0.237 e. The summed E-state index contributed by atoms with van der Waals surface area (Å²) in [7, 11) is 0. The molecule has 1 aliphatic carbocycles. The monoisotopic (exact) mass is 259 g/mol. The van der Waals surface area contributed by atoms with Crippen molar-refractivity contribution in [2.45, 2.75) is 32.3 Å². The first kappa shape index (κ1) is 12.4. The summed E-state index contributed by atoms with van der Waals surface area (Å²) in [6.45, 7) is -0.164. The third-order valence-corrected chi connectivity index (χ3v) is 4.24. The number of amides is 2. The van der Waals surface area contributed by atoms with Crippen LogP contribution < -0.4 is 4.90 Å². The van der Waals surface area contributed by atoms with Crippen LogP contribution >= 0.6 is 0 Å². The van der Waals surface area contributed by atoms with Gasteiger partial charge in [0.05, 0.1) is 24.1 Å². The van der Waals surface area contributed by atoms with Crippen LogP contribution in [0.25, 0.3) is 0 Å². The highest BCUT2D eigenvalue weighted by Crippen LogP contribution is 2.40. The predicted octanol–water partition coefficient (Wildman–Crippen LogP) is 1.86. The molecule has 0 aromatic heterocycles. The van der Waals surface area contributed by atoms with Gasteiger partial charge in [0.2, 0.25) is 11.8 Å². The fourth-order valence-corrected chi connectivity index (χ4v) is 3.26. The molecule has 1 aromatic rings. The largest absolute Gasteiger partial charge is 0.392 e. The van der Waals surface area contributed by atoms with Gasteiger partial charge in [0, 0.05) is 5.56 Å². The first-order valence-corrected chi connectivity index (χ1v) is 6.80. The average molecular weight is 259 g/mol. The maximum atomic E-state index is 12.4. The number of hydrogen-bond acceptors (Lipinski definition) is 3. The summed E-state index contributed by atoms with van der Waals surface area (Å²) in [6, 6.07) is 7.07. The summed E-state index contributed by atoms with van der Waals surface area (Å²) in [5, 5.41) is 9.36. The Morgan fingerprint density at radius 1 is 1.05 bits per heavy atom. The Hall–Kier alpha value is -1.68. The molecule has 0 radical (unpaired) electrons. The molecular formula is C15H17NO3. The zero-order chi connectivity index (χ0) is 13.4. The van der Waals surface area contributed by atoms with E-state index in [1.165, 1.54) is 4.90 Å². The van der Waals surface area contributed by atoms with Gasteiger partial charge in [-0.05, 0) is 18.9 Å². The van der Waals surface area contributed by atoms with Crippen molar-refractivity contribution in [3.63, 3.8) is 0 Å². The Morgan fingerprint density at radius 3 is 2.21 bits per heavy atom. The number of aliphatic hydroxyl groups excluding tert-OH is 1. The highest BCUT2D eigenvalue weighted by atomic mass is 16.3. The molecular weight excluding hydrogens is 242 g/mol. The van der Waals surface area contributed by atoms with E-state index < -0.39 is 0 Å². The number of benzene rings is 1. The molecule has 2 fully saturated rings. The number of imide groups is 1. The number of hydrogen-bond donors (Lipinski definition) is 1. The van der Waals surface area contributed by atoms with Crippen molar-refractivity contribution in [3.05, 3.63) is 29.8 Å². The van der Waals surface area contributed by atoms with Gasteiger partial charge in [0.25, 0.3) is 0 Å². The smallest absolute Gasteiger partial charge is 0.237 e. The van der Waals surface area contributed by atoms with E-state index in [-0.39, 0.29) is 30.3 Å². The van der Waals surface area contributed by atoms with Crippen LogP contribution in [0.1, 0.15) is 31.2 Å². The molecule has 1 aromatic carbocycles. The van der Waals surface area contributed by atoms with Crippen LogP contribution in [0.15, 0.2) is 24.3 Å². The lowest BCUT2D eigenvalue weighted by Crippen LogP contribution is -2.31. The summed E-state index contributed by atoms with van der Waals surface area (Å²) in [4.78, 5) is 26.2. The maximum absolute atomic E-state index is 12.4. The molecule has 2 unspecified atom stereocenters. The average Bonchev–Trinajstić information content (AvgIpc) is 2.71. The van der Waals surface area contributed by atoms with Crippen LogP contribution in [0.3, 0.4) is 0 Å². The molecule has 1 saturated carbocycles. The number of aliphatic hydroxyl groups is 1. The van der Waals surface area contributed by atoms with Gasteiger partial charge >= 0.3 is 0 Å². The SMILES string of the molecule is O=C1C2CCCCC2C(=O)N1c1ccccc1CO. The Bertz CT molecular complexity index is 502. The van der Waals surface area contributed by atoms with E-state index in [1.54, 1.807) is 24.3 Å². The summed E-state index contributed by atoms with van der Waals surface area (Å²) >= 11 is 0.